The second-order valence-corrected chi connectivity index (χ2v) is 17.7. The molecule has 14 heteroatoms. The summed E-state index contributed by atoms with van der Waals surface area (Å²) in [5.41, 5.74) is -0.750. The lowest BCUT2D eigenvalue weighted by atomic mass is 9.85. The van der Waals surface area contributed by atoms with Crippen molar-refractivity contribution < 1.29 is 32.4 Å². The second-order valence-electron chi connectivity index (χ2n) is 15.6. The topological polar surface area (TPSA) is 183 Å². The van der Waals surface area contributed by atoms with Crippen LogP contribution in [0, 0.1) is 29.1 Å². The highest BCUT2D eigenvalue weighted by atomic mass is 32.2. The number of Topliss-reactive ketones (excluding diaryl/α,β-unsaturated/α-hetero) is 1. The SMILES string of the molecule is C=CCNC(=O)C(=O)C(CC1CC1)NC(=O)[C@@H]1[C@@H](CC(C)C)CCN1C(=O)[C@@H](NC(=O)N[C@H](CNS(=O)(=O)C1CC1)C(C)C)C(C)(C)C. The van der Waals surface area contributed by atoms with Gasteiger partial charge in [-0.2, -0.15) is 0 Å². The zero-order valence-corrected chi connectivity index (χ0v) is 30.6. The van der Waals surface area contributed by atoms with Gasteiger partial charge in [0.2, 0.25) is 27.6 Å². The number of carbonyl (C=O) groups excluding carboxylic acids is 5. The fourth-order valence-corrected chi connectivity index (χ4v) is 7.61. The number of ketones is 1. The van der Waals surface area contributed by atoms with Crippen LogP contribution in [0.25, 0.3) is 0 Å². The molecule has 1 unspecified atom stereocenters. The average molecular weight is 695 g/mol. The van der Waals surface area contributed by atoms with Gasteiger partial charge in [-0.1, -0.05) is 67.4 Å². The summed E-state index contributed by atoms with van der Waals surface area (Å²) in [4.78, 5) is 69.0. The van der Waals surface area contributed by atoms with Crippen LogP contribution in [0.4, 0.5) is 4.79 Å². The van der Waals surface area contributed by atoms with Crippen LogP contribution in [0.2, 0.25) is 0 Å². The molecular weight excluding hydrogens is 636 g/mol. The van der Waals surface area contributed by atoms with Gasteiger partial charge in [0, 0.05) is 25.7 Å². The van der Waals surface area contributed by atoms with E-state index in [-0.39, 0.29) is 42.0 Å². The van der Waals surface area contributed by atoms with E-state index in [0.717, 1.165) is 12.8 Å². The number of nitrogens with zero attached hydrogens (tertiary/aromatic N) is 1. The molecule has 48 heavy (non-hydrogen) atoms. The van der Waals surface area contributed by atoms with Gasteiger partial charge in [-0.05, 0) is 61.2 Å². The van der Waals surface area contributed by atoms with Gasteiger partial charge in [-0.3, -0.25) is 19.2 Å². The molecule has 0 bridgehead atoms. The van der Waals surface area contributed by atoms with Gasteiger partial charge in [-0.15, -0.1) is 6.58 Å². The molecule has 1 heterocycles. The Morgan fingerprint density at radius 2 is 1.56 bits per heavy atom. The largest absolute Gasteiger partial charge is 0.346 e. The van der Waals surface area contributed by atoms with Crippen molar-refractivity contribution in [3.8, 4) is 0 Å². The zero-order chi connectivity index (χ0) is 36.0. The summed E-state index contributed by atoms with van der Waals surface area (Å²) in [6.45, 7) is 17.3. The number of hydrogen-bond donors (Lipinski definition) is 5. The monoisotopic (exact) mass is 694 g/mol. The Morgan fingerprint density at radius 1 is 0.917 bits per heavy atom. The lowest BCUT2D eigenvalue weighted by Gasteiger charge is -2.37. The predicted octanol–water partition coefficient (Wildman–Crippen LogP) is 2.23. The Hall–Kier alpha value is -3.00. The molecule has 3 aliphatic rings. The smallest absolute Gasteiger partial charge is 0.315 e. The molecule has 3 fully saturated rings. The number of likely N-dealkylation sites (tertiary alicyclic amines) is 1. The first kappa shape index (κ1) is 39.4. The maximum Gasteiger partial charge on any atom is 0.315 e. The Bertz CT molecular complexity index is 1300. The van der Waals surface area contributed by atoms with Gasteiger partial charge < -0.3 is 26.2 Å². The molecule has 13 nitrogen and oxygen atoms in total. The number of sulfonamides is 1. The quantitative estimate of drug-likeness (QED) is 0.108. The van der Waals surface area contributed by atoms with Crippen LogP contribution in [-0.2, 0) is 29.2 Å². The lowest BCUT2D eigenvalue weighted by molar-refractivity contribution is -0.144. The van der Waals surface area contributed by atoms with E-state index in [9.17, 15) is 32.4 Å². The second kappa shape index (κ2) is 16.6. The minimum absolute atomic E-state index is 0.0235. The molecule has 0 aromatic heterocycles. The van der Waals surface area contributed by atoms with Gasteiger partial charge in [0.15, 0.2) is 0 Å². The van der Waals surface area contributed by atoms with Crippen molar-refractivity contribution in [2.45, 2.75) is 123 Å². The summed E-state index contributed by atoms with van der Waals surface area (Å²) in [6.07, 6.45) is 6.15. The summed E-state index contributed by atoms with van der Waals surface area (Å²) in [5.74, 6) is -2.22. The van der Waals surface area contributed by atoms with E-state index in [0.29, 0.717) is 38.6 Å². The fourth-order valence-electron chi connectivity index (χ4n) is 6.21. The highest BCUT2D eigenvalue weighted by Gasteiger charge is 2.47. The van der Waals surface area contributed by atoms with Crippen molar-refractivity contribution in [2.24, 2.45) is 29.1 Å². The van der Waals surface area contributed by atoms with Crippen LogP contribution in [0.5, 0.6) is 0 Å². The molecule has 1 aliphatic heterocycles. The number of rotatable bonds is 18. The van der Waals surface area contributed by atoms with E-state index in [1.165, 1.54) is 11.0 Å². The highest BCUT2D eigenvalue weighted by Crippen LogP contribution is 2.35. The maximum atomic E-state index is 14.3. The number of amides is 5. The summed E-state index contributed by atoms with van der Waals surface area (Å²) >= 11 is 0. The summed E-state index contributed by atoms with van der Waals surface area (Å²) in [5, 5.41) is 10.6. The molecule has 3 rings (SSSR count). The lowest BCUT2D eigenvalue weighted by Crippen LogP contribution is -2.62. The van der Waals surface area contributed by atoms with Crippen LogP contribution in [-0.4, -0.2) is 91.9 Å². The molecule has 0 radical (unpaired) electrons. The van der Waals surface area contributed by atoms with Crippen molar-refractivity contribution in [3.05, 3.63) is 12.7 Å². The highest BCUT2D eigenvalue weighted by molar-refractivity contribution is 7.90. The first-order valence-corrected chi connectivity index (χ1v) is 19.0. The summed E-state index contributed by atoms with van der Waals surface area (Å²) in [7, 11) is -3.44. The normalized spacial score (nSPS) is 21.7. The third-order valence-electron chi connectivity index (χ3n) is 9.36. The molecule has 2 saturated carbocycles. The third-order valence-corrected chi connectivity index (χ3v) is 11.3. The van der Waals surface area contributed by atoms with E-state index in [2.05, 4.69) is 32.6 Å². The van der Waals surface area contributed by atoms with Crippen molar-refractivity contribution in [1.29, 1.82) is 0 Å². The van der Waals surface area contributed by atoms with Gasteiger partial charge in [0.25, 0.3) is 5.91 Å². The van der Waals surface area contributed by atoms with Crippen LogP contribution in [0.1, 0.15) is 93.4 Å². The summed E-state index contributed by atoms with van der Waals surface area (Å²) < 4.78 is 27.4. The van der Waals surface area contributed by atoms with Gasteiger partial charge in [0.1, 0.15) is 12.1 Å². The number of hydrogen-bond acceptors (Lipinski definition) is 7. The van der Waals surface area contributed by atoms with E-state index in [1.807, 2.05) is 48.5 Å². The first-order chi connectivity index (χ1) is 22.3. The van der Waals surface area contributed by atoms with Crippen LogP contribution < -0.4 is 26.0 Å². The predicted molar refractivity (Wildman–Crippen MR) is 184 cm³/mol. The van der Waals surface area contributed by atoms with E-state index in [1.54, 1.807) is 0 Å². The van der Waals surface area contributed by atoms with Crippen LogP contribution >= 0.6 is 0 Å². The summed E-state index contributed by atoms with van der Waals surface area (Å²) in [6, 6.07) is -4.07. The number of urea groups is 1. The molecule has 5 amide bonds. The molecule has 2 aliphatic carbocycles. The van der Waals surface area contributed by atoms with Crippen molar-refractivity contribution in [1.82, 2.24) is 30.9 Å². The standard InChI is InChI=1S/C34H58N6O7S/c1-9-15-35-31(43)28(41)25(18-22-10-11-22)37-30(42)27-23(17-20(2)3)14-16-40(27)32(44)29(34(6,7)8)39-33(45)38-26(21(4)5)19-36-48(46,47)24-12-13-24/h9,20-27,29,36H,1,10-19H2,2-8H3,(H,35,43)(H,37,42)(H2,38,39,45)/t23-,25?,26-,27+,29-/m1/s1. The van der Waals surface area contributed by atoms with E-state index in [4.69, 9.17) is 0 Å². The average Bonchev–Trinajstić information content (AvgIpc) is 3.93. The van der Waals surface area contributed by atoms with E-state index >= 15 is 0 Å². The third kappa shape index (κ3) is 11.3. The molecule has 1 saturated heterocycles. The number of carbonyl (C=O) groups is 5. The molecule has 5 N–H and O–H groups in total. The van der Waals surface area contributed by atoms with Gasteiger partial charge in [0.05, 0.1) is 11.3 Å². The molecule has 5 atom stereocenters. The first-order valence-electron chi connectivity index (χ1n) is 17.4. The Labute approximate surface area is 286 Å². The van der Waals surface area contributed by atoms with Crippen molar-refractivity contribution in [2.75, 3.05) is 19.6 Å². The molecule has 0 spiro atoms. The minimum Gasteiger partial charge on any atom is -0.346 e. The molecule has 0 aromatic carbocycles. The van der Waals surface area contributed by atoms with Gasteiger partial charge in [-0.25, -0.2) is 17.9 Å². The Kier molecular flexibility index (Phi) is 13.6. The minimum atomic E-state index is -3.44. The molecule has 272 valence electrons. The maximum absolute atomic E-state index is 14.3. The van der Waals surface area contributed by atoms with Crippen molar-refractivity contribution >= 4 is 39.6 Å². The molecule has 0 aromatic rings. The molecular formula is C34H58N6O7S. The number of nitrogens with one attached hydrogen (secondary N) is 5. The van der Waals surface area contributed by atoms with E-state index < -0.39 is 69.1 Å². The van der Waals surface area contributed by atoms with Crippen molar-refractivity contribution in [3.63, 3.8) is 0 Å². The van der Waals surface area contributed by atoms with Crippen LogP contribution in [0.15, 0.2) is 12.7 Å². The zero-order valence-electron chi connectivity index (χ0n) is 29.8. The Balaban J connectivity index is 1.79. The van der Waals surface area contributed by atoms with Gasteiger partial charge >= 0.3 is 6.03 Å². The Morgan fingerprint density at radius 3 is 2.08 bits per heavy atom. The fraction of sp³-hybridized carbons (Fsp3) is 0.794. The van der Waals surface area contributed by atoms with Crippen LogP contribution in [0.3, 0.4) is 0 Å².